The molecular weight excluding hydrogens is 415 g/mol. The van der Waals surface area contributed by atoms with Crippen molar-refractivity contribution in [3.8, 4) is 0 Å². The molecule has 3 rings (SSSR count). The Balaban J connectivity index is 1.74. The summed E-state index contributed by atoms with van der Waals surface area (Å²) < 4.78 is 43.2. The van der Waals surface area contributed by atoms with Crippen LogP contribution in [0, 0.1) is 19.7 Å². The number of piperazine rings is 1. The van der Waals surface area contributed by atoms with Crippen molar-refractivity contribution < 1.29 is 12.8 Å². The van der Waals surface area contributed by atoms with Crippen LogP contribution in [0.1, 0.15) is 37.7 Å². The molecule has 160 valence electrons. The summed E-state index contributed by atoms with van der Waals surface area (Å²) in [5.74, 6) is -0.365. The second-order valence-electron chi connectivity index (χ2n) is 8.50. The normalized spacial score (nSPS) is 17.1. The van der Waals surface area contributed by atoms with Gasteiger partial charge in [-0.2, -0.15) is 9.40 Å². The number of nitrogens with zero attached hydrogens (tertiary/aromatic N) is 4. The fourth-order valence-electron chi connectivity index (χ4n) is 3.80. The maximum atomic E-state index is 13.3. The Morgan fingerprint density at radius 1 is 1.14 bits per heavy atom. The Labute approximate surface area is 177 Å². The van der Waals surface area contributed by atoms with E-state index in [1.54, 1.807) is 17.7 Å². The van der Waals surface area contributed by atoms with Gasteiger partial charge in [-0.05, 0) is 52.3 Å². The van der Waals surface area contributed by atoms with E-state index in [4.69, 9.17) is 11.6 Å². The van der Waals surface area contributed by atoms with Crippen molar-refractivity contribution in [3.05, 3.63) is 46.0 Å². The van der Waals surface area contributed by atoms with E-state index in [-0.39, 0.29) is 11.4 Å². The van der Waals surface area contributed by atoms with Crippen LogP contribution in [0.2, 0.25) is 5.02 Å². The molecule has 0 radical (unpaired) electrons. The number of halogens is 2. The Bertz CT molecular complexity index is 1010. The lowest BCUT2D eigenvalue weighted by atomic mass is 10.1. The Kier molecular flexibility index (Phi) is 6.11. The van der Waals surface area contributed by atoms with Gasteiger partial charge in [-0.15, -0.1) is 0 Å². The van der Waals surface area contributed by atoms with Crippen LogP contribution in [0.25, 0.3) is 0 Å². The molecule has 0 aliphatic carbocycles. The standard InChI is InChI=1S/C20H28ClFN4O2S/c1-14-19(15(2)26(23-14)20(3,4)5)29(27,28)25-10-8-24(9-11-25)13-16-6-7-17(22)12-18(16)21/h6-7,12H,8-11,13H2,1-5H3. The molecule has 1 aromatic carbocycles. The molecule has 2 aromatic rings. The predicted molar refractivity (Wildman–Crippen MR) is 112 cm³/mol. The van der Waals surface area contributed by atoms with Crippen LogP contribution < -0.4 is 0 Å². The number of benzene rings is 1. The van der Waals surface area contributed by atoms with Crippen LogP contribution in [0.4, 0.5) is 4.39 Å². The fraction of sp³-hybridized carbons (Fsp3) is 0.550. The van der Waals surface area contributed by atoms with Gasteiger partial charge in [0.05, 0.1) is 16.9 Å². The molecule has 1 aliphatic heterocycles. The van der Waals surface area contributed by atoms with Crippen molar-refractivity contribution in [2.24, 2.45) is 0 Å². The molecule has 2 heterocycles. The quantitative estimate of drug-likeness (QED) is 0.726. The van der Waals surface area contributed by atoms with E-state index in [0.29, 0.717) is 54.0 Å². The van der Waals surface area contributed by atoms with Gasteiger partial charge in [0.15, 0.2) is 0 Å². The summed E-state index contributed by atoms with van der Waals surface area (Å²) >= 11 is 6.12. The molecular formula is C20H28ClFN4O2S. The zero-order chi connectivity index (χ0) is 21.6. The Hall–Kier alpha value is -1.48. The summed E-state index contributed by atoms with van der Waals surface area (Å²) in [6.07, 6.45) is 0. The molecule has 0 spiro atoms. The number of hydrogen-bond donors (Lipinski definition) is 0. The van der Waals surface area contributed by atoms with Gasteiger partial charge in [0, 0.05) is 37.7 Å². The maximum absolute atomic E-state index is 13.3. The van der Waals surface area contributed by atoms with E-state index < -0.39 is 10.0 Å². The molecule has 0 bridgehead atoms. The van der Waals surface area contributed by atoms with E-state index in [2.05, 4.69) is 10.00 Å². The molecule has 0 amide bonds. The largest absolute Gasteiger partial charge is 0.296 e. The molecule has 0 unspecified atom stereocenters. The van der Waals surface area contributed by atoms with Crippen LogP contribution in [-0.2, 0) is 22.1 Å². The third kappa shape index (κ3) is 4.50. The molecule has 1 aromatic heterocycles. The SMILES string of the molecule is Cc1nn(C(C)(C)C)c(C)c1S(=O)(=O)N1CCN(Cc2ccc(F)cc2Cl)CC1. The Morgan fingerprint density at radius 2 is 1.76 bits per heavy atom. The van der Waals surface area contributed by atoms with Crippen LogP contribution in [0.5, 0.6) is 0 Å². The van der Waals surface area contributed by atoms with E-state index in [9.17, 15) is 12.8 Å². The first-order valence-corrected chi connectivity index (χ1v) is 11.5. The van der Waals surface area contributed by atoms with Gasteiger partial charge in [0.25, 0.3) is 0 Å². The van der Waals surface area contributed by atoms with E-state index >= 15 is 0 Å². The smallest absolute Gasteiger partial charge is 0.246 e. The first-order chi connectivity index (χ1) is 13.4. The molecule has 0 N–H and O–H groups in total. The number of rotatable bonds is 4. The average molecular weight is 443 g/mol. The third-order valence-electron chi connectivity index (χ3n) is 5.20. The lowest BCUT2D eigenvalue weighted by Gasteiger charge is -2.34. The molecule has 1 fully saturated rings. The molecule has 0 atom stereocenters. The average Bonchev–Trinajstić information content (AvgIpc) is 2.93. The lowest BCUT2D eigenvalue weighted by Crippen LogP contribution is -2.48. The third-order valence-corrected chi connectivity index (χ3v) is 7.70. The van der Waals surface area contributed by atoms with Crippen molar-refractivity contribution in [2.45, 2.75) is 51.6 Å². The first kappa shape index (κ1) is 22.2. The lowest BCUT2D eigenvalue weighted by molar-refractivity contribution is 0.181. The first-order valence-electron chi connectivity index (χ1n) is 9.64. The summed E-state index contributed by atoms with van der Waals surface area (Å²) in [6, 6.07) is 4.37. The van der Waals surface area contributed by atoms with Gasteiger partial charge < -0.3 is 0 Å². The van der Waals surface area contributed by atoms with Gasteiger partial charge >= 0.3 is 0 Å². The van der Waals surface area contributed by atoms with Crippen LogP contribution >= 0.6 is 11.6 Å². The molecule has 9 heteroatoms. The van der Waals surface area contributed by atoms with Gasteiger partial charge in [-0.25, -0.2) is 12.8 Å². The van der Waals surface area contributed by atoms with Gasteiger partial charge in [-0.1, -0.05) is 17.7 Å². The minimum absolute atomic E-state index is 0.296. The number of hydrogen-bond acceptors (Lipinski definition) is 4. The second-order valence-corrected chi connectivity index (χ2v) is 10.8. The van der Waals surface area contributed by atoms with Gasteiger partial charge in [0.1, 0.15) is 10.7 Å². The highest BCUT2D eigenvalue weighted by molar-refractivity contribution is 7.89. The van der Waals surface area contributed by atoms with Gasteiger partial charge in [-0.3, -0.25) is 9.58 Å². The van der Waals surface area contributed by atoms with Crippen molar-refractivity contribution in [1.29, 1.82) is 0 Å². The van der Waals surface area contributed by atoms with E-state index in [1.807, 2.05) is 27.7 Å². The van der Waals surface area contributed by atoms with E-state index in [1.165, 1.54) is 16.4 Å². The zero-order valence-corrected chi connectivity index (χ0v) is 19.1. The van der Waals surface area contributed by atoms with Crippen LogP contribution in [0.3, 0.4) is 0 Å². The predicted octanol–water partition coefficient (Wildman–Crippen LogP) is 3.55. The van der Waals surface area contributed by atoms with Crippen molar-refractivity contribution >= 4 is 21.6 Å². The molecule has 0 saturated carbocycles. The molecule has 29 heavy (non-hydrogen) atoms. The number of aromatic nitrogens is 2. The summed E-state index contributed by atoms with van der Waals surface area (Å²) in [5, 5.41) is 4.87. The monoisotopic (exact) mass is 442 g/mol. The molecule has 1 saturated heterocycles. The van der Waals surface area contributed by atoms with Gasteiger partial charge in [0.2, 0.25) is 10.0 Å². The molecule has 6 nitrogen and oxygen atoms in total. The summed E-state index contributed by atoms with van der Waals surface area (Å²) in [4.78, 5) is 2.44. The summed E-state index contributed by atoms with van der Waals surface area (Å²) in [7, 11) is -3.63. The molecule has 1 aliphatic rings. The highest BCUT2D eigenvalue weighted by Gasteiger charge is 2.34. The number of sulfonamides is 1. The topological polar surface area (TPSA) is 58.4 Å². The van der Waals surface area contributed by atoms with Crippen molar-refractivity contribution in [1.82, 2.24) is 19.0 Å². The van der Waals surface area contributed by atoms with Crippen LogP contribution in [0.15, 0.2) is 23.1 Å². The fourth-order valence-corrected chi connectivity index (χ4v) is 5.81. The van der Waals surface area contributed by atoms with Crippen LogP contribution in [-0.4, -0.2) is 53.6 Å². The van der Waals surface area contributed by atoms with E-state index in [0.717, 1.165) is 5.56 Å². The minimum atomic E-state index is -3.63. The summed E-state index contributed by atoms with van der Waals surface area (Å²) in [5.41, 5.74) is 1.73. The minimum Gasteiger partial charge on any atom is -0.296 e. The highest BCUT2D eigenvalue weighted by atomic mass is 35.5. The summed E-state index contributed by atoms with van der Waals surface area (Å²) in [6.45, 7) is 12.1. The van der Waals surface area contributed by atoms with Crippen molar-refractivity contribution in [2.75, 3.05) is 26.2 Å². The zero-order valence-electron chi connectivity index (χ0n) is 17.5. The van der Waals surface area contributed by atoms with Crippen molar-refractivity contribution in [3.63, 3.8) is 0 Å². The number of aryl methyl sites for hydroxylation is 1. The highest BCUT2D eigenvalue weighted by Crippen LogP contribution is 2.28. The maximum Gasteiger partial charge on any atom is 0.246 e. The Morgan fingerprint density at radius 3 is 2.28 bits per heavy atom. The second kappa shape index (κ2) is 7.98.